The lowest BCUT2D eigenvalue weighted by atomic mass is 10.0. The molecule has 21 heavy (non-hydrogen) atoms. The number of nitrogens with one attached hydrogen (secondary N) is 1. The first-order valence-electron chi connectivity index (χ1n) is 6.08. The van der Waals surface area contributed by atoms with E-state index in [-0.39, 0.29) is 6.04 Å². The monoisotopic (exact) mass is 441 g/mol. The Labute approximate surface area is 141 Å². The zero-order valence-corrected chi connectivity index (χ0v) is 15.0. The van der Waals surface area contributed by atoms with Gasteiger partial charge in [0.15, 0.2) is 0 Å². The van der Waals surface area contributed by atoms with Crippen molar-refractivity contribution in [1.29, 1.82) is 0 Å². The van der Waals surface area contributed by atoms with Crippen LogP contribution in [0.4, 0.5) is 13.2 Å². The van der Waals surface area contributed by atoms with Gasteiger partial charge in [-0.05, 0) is 52.8 Å². The number of benzene rings is 1. The summed E-state index contributed by atoms with van der Waals surface area (Å²) in [5, 5.41) is 5.05. The smallest absolute Gasteiger partial charge is 0.313 e. The summed E-state index contributed by atoms with van der Waals surface area (Å²) in [6, 6.07) is 5.53. The Balaban J connectivity index is 2.33. The Morgan fingerprint density at radius 3 is 2.48 bits per heavy atom. The molecule has 0 spiro atoms. The molecule has 1 aromatic heterocycles. The molecule has 114 valence electrons. The van der Waals surface area contributed by atoms with Gasteiger partial charge < -0.3 is 5.32 Å². The fourth-order valence-corrected chi connectivity index (χ4v) is 4.04. The standard InChI is InChI=1S/C14H12Br2F3NS/c1-20-13(6-10-5-9(15)7-21-10)11-4-8(14(17,18)19)2-3-12(11)16/h2-5,7,13,20H,6H2,1H3. The molecule has 0 bridgehead atoms. The van der Waals surface area contributed by atoms with E-state index in [0.717, 1.165) is 15.4 Å². The van der Waals surface area contributed by atoms with Crippen LogP contribution in [0.3, 0.4) is 0 Å². The molecule has 0 fully saturated rings. The topological polar surface area (TPSA) is 12.0 Å². The third-order valence-corrected chi connectivity index (χ3v) is 5.52. The van der Waals surface area contributed by atoms with Gasteiger partial charge >= 0.3 is 6.18 Å². The van der Waals surface area contributed by atoms with Gasteiger partial charge in [0.1, 0.15) is 0 Å². The molecule has 1 aromatic carbocycles. The molecule has 0 saturated carbocycles. The molecule has 1 nitrogen and oxygen atoms in total. The molecule has 0 aliphatic carbocycles. The van der Waals surface area contributed by atoms with Gasteiger partial charge in [-0.15, -0.1) is 11.3 Å². The van der Waals surface area contributed by atoms with Gasteiger partial charge in [-0.3, -0.25) is 0 Å². The Morgan fingerprint density at radius 2 is 1.95 bits per heavy atom. The molecule has 1 unspecified atom stereocenters. The highest BCUT2D eigenvalue weighted by molar-refractivity contribution is 9.10. The maximum absolute atomic E-state index is 12.9. The first-order chi connectivity index (χ1) is 9.81. The van der Waals surface area contributed by atoms with Crippen LogP contribution in [0.2, 0.25) is 0 Å². The van der Waals surface area contributed by atoms with Crippen molar-refractivity contribution < 1.29 is 13.2 Å². The fraction of sp³-hybridized carbons (Fsp3) is 0.286. The Kier molecular flexibility index (Phi) is 5.51. The van der Waals surface area contributed by atoms with Crippen LogP contribution < -0.4 is 5.32 Å². The normalized spacial score (nSPS) is 13.4. The lowest BCUT2D eigenvalue weighted by Gasteiger charge is -2.19. The zero-order chi connectivity index (χ0) is 15.6. The summed E-state index contributed by atoms with van der Waals surface area (Å²) in [5.41, 5.74) is -0.0230. The second kappa shape index (κ2) is 6.81. The molecule has 0 radical (unpaired) electrons. The summed E-state index contributed by atoms with van der Waals surface area (Å²) in [5.74, 6) is 0. The molecular weight excluding hydrogens is 431 g/mol. The average molecular weight is 443 g/mol. The van der Waals surface area contributed by atoms with Crippen molar-refractivity contribution in [3.8, 4) is 0 Å². The largest absolute Gasteiger partial charge is 0.416 e. The Morgan fingerprint density at radius 1 is 1.24 bits per heavy atom. The van der Waals surface area contributed by atoms with Crippen molar-refractivity contribution in [2.24, 2.45) is 0 Å². The molecule has 2 aromatic rings. The van der Waals surface area contributed by atoms with E-state index in [4.69, 9.17) is 0 Å². The first kappa shape index (κ1) is 17.0. The van der Waals surface area contributed by atoms with E-state index in [1.54, 1.807) is 18.4 Å². The van der Waals surface area contributed by atoms with Gasteiger partial charge in [0.05, 0.1) is 5.56 Å². The van der Waals surface area contributed by atoms with Gasteiger partial charge in [0, 0.05) is 31.7 Å². The van der Waals surface area contributed by atoms with Crippen LogP contribution in [-0.2, 0) is 12.6 Å². The summed E-state index contributed by atoms with van der Waals surface area (Å²) in [7, 11) is 1.75. The van der Waals surface area contributed by atoms with Crippen LogP contribution in [-0.4, -0.2) is 7.05 Å². The molecular formula is C14H12Br2F3NS. The second-order valence-electron chi connectivity index (χ2n) is 4.51. The lowest BCUT2D eigenvalue weighted by Crippen LogP contribution is -2.20. The van der Waals surface area contributed by atoms with E-state index >= 15 is 0 Å². The van der Waals surface area contributed by atoms with Crippen molar-refractivity contribution in [2.45, 2.75) is 18.6 Å². The van der Waals surface area contributed by atoms with Crippen molar-refractivity contribution in [2.75, 3.05) is 7.05 Å². The minimum Gasteiger partial charge on any atom is -0.313 e. The fourth-order valence-electron chi connectivity index (χ4n) is 2.02. The lowest BCUT2D eigenvalue weighted by molar-refractivity contribution is -0.137. The summed E-state index contributed by atoms with van der Waals surface area (Å²) in [6.45, 7) is 0. The highest BCUT2D eigenvalue weighted by Crippen LogP contribution is 2.35. The minimum absolute atomic E-state index is 0.188. The molecule has 1 N–H and O–H groups in total. The minimum atomic E-state index is -4.33. The molecule has 2 rings (SSSR count). The third-order valence-electron chi connectivity index (χ3n) is 3.07. The number of halogens is 5. The van der Waals surface area contributed by atoms with Gasteiger partial charge in [0.25, 0.3) is 0 Å². The summed E-state index contributed by atoms with van der Waals surface area (Å²) in [6.07, 6.45) is -3.70. The number of likely N-dealkylation sites (N-methyl/N-ethyl adjacent to an activating group) is 1. The second-order valence-corrected chi connectivity index (χ2v) is 7.28. The predicted octanol–water partition coefficient (Wildman–Crippen LogP) is 5.80. The van der Waals surface area contributed by atoms with Gasteiger partial charge in [0.2, 0.25) is 0 Å². The number of rotatable bonds is 4. The number of hydrogen-bond donors (Lipinski definition) is 1. The number of hydrogen-bond acceptors (Lipinski definition) is 2. The molecule has 1 atom stereocenters. The Hall–Kier alpha value is -0.370. The molecule has 0 aliphatic heterocycles. The van der Waals surface area contributed by atoms with Crippen LogP contribution in [0.1, 0.15) is 22.0 Å². The van der Waals surface area contributed by atoms with Crippen molar-refractivity contribution in [3.05, 3.63) is 54.6 Å². The highest BCUT2D eigenvalue weighted by Gasteiger charge is 2.31. The van der Waals surface area contributed by atoms with Crippen molar-refractivity contribution in [3.63, 3.8) is 0 Å². The molecule has 1 heterocycles. The number of thiophene rings is 1. The maximum atomic E-state index is 12.9. The van der Waals surface area contributed by atoms with E-state index < -0.39 is 11.7 Å². The predicted molar refractivity (Wildman–Crippen MR) is 86.7 cm³/mol. The van der Waals surface area contributed by atoms with Gasteiger partial charge in [-0.25, -0.2) is 0 Å². The van der Waals surface area contributed by atoms with Crippen LogP contribution in [0.25, 0.3) is 0 Å². The molecule has 7 heteroatoms. The highest BCUT2D eigenvalue weighted by atomic mass is 79.9. The van der Waals surface area contributed by atoms with Crippen LogP contribution in [0.5, 0.6) is 0 Å². The Bertz CT molecular complexity index is 625. The molecule has 0 amide bonds. The number of alkyl halides is 3. The van der Waals surface area contributed by atoms with E-state index in [0.29, 0.717) is 16.5 Å². The SMILES string of the molecule is CNC(Cc1cc(Br)cs1)c1cc(C(F)(F)F)ccc1Br. The van der Waals surface area contributed by atoms with E-state index in [2.05, 4.69) is 37.2 Å². The van der Waals surface area contributed by atoms with Gasteiger partial charge in [-0.2, -0.15) is 13.2 Å². The molecule has 0 saturated heterocycles. The van der Waals surface area contributed by atoms with Crippen molar-refractivity contribution >= 4 is 43.2 Å². The first-order valence-corrected chi connectivity index (χ1v) is 8.54. The summed E-state index contributed by atoms with van der Waals surface area (Å²) in [4.78, 5) is 1.10. The van der Waals surface area contributed by atoms with Crippen LogP contribution >= 0.6 is 43.2 Å². The average Bonchev–Trinajstić information content (AvgIpc) is 2.81. The quantitative estimate of drug-likeness (QED) is 0.631. The van der Waals surface area contributed by atoms with E-state index in [1.165, 1.54) is 12.1 Å². The summed E-state index contributed by atoms with van der Waals surface area (Å²) >= 11 is 8.31. The molecule has 0 aliphatic rings. The summed E-state index contributed by atoms with van der Waals surface area (Å²) < 4.78 is 40.2. The van der Waals surface area contributed by atoms with Gasteiger partial charge in [-0.1, -0.05) is 15.9 Å². The third kappa shape index (κ3) is 4.31. The van der Waals surface area contributed by atoms with E-state index in [9.17, 15) is 13.2 Å². The van der Waals surface area contributed by atoms with Crippen molar-refractivity contribution in [1.82, 2.24) is 5.32 Å². The maximum Gasteiger partial charge on any atom is 0.416 e. The van der Waals surface area contributed by atoms with Crippen LogP contribution in [0.15, 0.2) is 38.6 Å². The van der Waals surface area contributed by atoms with Crippen LogP contribution in [0, 0.1) is 0 Å². The zero-order valence-electron chi connectivity index (χ0n) is 11.0. The van der Waals surface area contributed by atoms with E-state index in [1.807, 2.05) is 11.4 Å².